The molecule has 0 fully saturated rings. The van der Waals surface area contributed by atoms with Crippen LogP contribution in [0.2, 0.25) is 0 Å². The Balaban J connectivity index is 2.47. The second-order valence-electron chi connectivity index (χ2n) is 4.45. The first-order valence-electron chi connectivity index (χ1n) is 6.10. The number of benzene rings is 1. The predicted molar refractivity (Wildman–Crippen MR) is 70.5 cm³/mol. The molecule has 0 saturated carbocycles. The third-order valence-corrected chi connectivity index (χ3v) is 3.23. The largest absolute Gasteiger partial charge is 0.298 e. The molecule has 1 aromatic carbocycles. The summed E-state index contributed by atoms with van der Waals surface area (Å²) in [5, 5.41) is 0. The topological polar surface area (TPSA) is 52.0 Å². The molecule has 1 heterocycles. The summed E-state index contributed by atoms with van der Waals surface area (Å²) >= 11 is 0. The zero-order chi connectivity index (χ0) is 13.1. The third kappa shape index (κ3) is 2.32. The number of hydrogen-bond donors (Lipinski definition) is 0. The number of Topliss-reactive ketones (excluding diaryl/α,β-unsaturated/α-hetero) is 1. The summed E-state index contributed by atoms with van der Waals surface area (Å²) in [7, 11) is 0. The maximum absolute atomic E-state index is 12.0. The summed E-state index contributed by atoms with van der Waals surface area (Å²) in [6.07, 6.45) is 2.06. The predicted octanol–water partition coefficient (Wildman–Crippen LogP) is 2.01. The Labute approximate surface area is 105 Å². The molecular weight excluding hydrogens is 228 g/mol. The van der Waals surface area contributed by atoms with Crippen molar-refractivity contribution in [2.24, 2.45) is 5.92 Å². The molecule has 0 bridgehead atoms. The number of fused-ring (bicyclic) bond motifs is 1. The number of hydrogen-bond acceptors (Lipinski definition) is 3. The number of ketones is 1. The normalized spacial score (nSPS) is 12.6. The van der Waals surface area contributed by atoms with Crippen LogP contribution in [0.15, 0.2) is 35.3 Å². The zero-order valence-electron chi connectivity index (χ0n) is 10.6. The van der Waals surface area contributed by atoms with Gasteiger partial charge in [0.25, 0.3) is 5.56 Å². The Morgan fingerprint density at radius 3 is 2.83 bits per heavy atom. The highest BCUT2D eigenvalue weighted by atomic mass is 16.1. The number of aromatic nitrogens is 2. The molecule has 1 aromatic heterocycles. The molecule has 4 nitrogen and oxygen atoms in total. The van der Waals surface area contributed by atoms with Gasteiger partial charge in [0.2, 0.25) is 0 Å². The number of para-hydroxylation sites is 2. The molecule has 0 radical (unpaired) electrons. The van der Waals surface area contributed by atoms with Gasteiger partial charge in [-0.3, -0.25) is 14.2 Å². The number of rotatable bonds is 4. The maximum Gasteiger partial charge on any atom is 0.269 e. The Hall–Kier alpha value is -1.97. The highest BCUT2D eigenvalue weighted by Crippen LogP contribution is 2.10. The molecule has 0 saturated heterocycles. The van der Waals surface area contributed by atoms with Crippen LogP contribution in [0, 0.1) is 5.92 Å². The van der Waals surface area contributed by atoms with E-state index in [1.54, 1.807) is 0 Å². The second kappa shape index (κ2) is 5.12. The molecule has 0 N–H and O–H groups in total. The van der Waals surface area contributed by atoms with Gasteiger partial charge in [-0.15, -0.1) is 0 Å². The van der Waals surface area contributed by atoms with Crippen LogP contribution in [0.1, 0.15) is 20.3 Å². The zero-order valence-corrected chi connectivity index (χ0v) is 10.6. The monoisotopic (exact) mass is 244 g/mol. The van der Waals surface area contributed by atoms with Crippen molar-refractivity contribution in [3.05, 3.63) is 40.8 Å². The van der Waals surface area contributed by atoms with Gasteiger partial charge < -0.3 is 0 Å². The van der Waals surface area contributed by atoms with Crippen molar-refractivity contribution in [2.75, 3.05) is 0 Å². The summed E-state index contributed by atoms with van der Waals surface area (Å²) in [6.45, 7) is 3.98. The van der Waals surface area contributed by atoms with Crippen LogP contribution in [0.25, 0.3) is 11.0 Å². The van der Waals surface area contributed by atoms with Crippen molar-refractivity contribution >= 4 is 16.8 Å². The summed E-state index contributed by atoms with van der Waals surface area (Å²) in [5.41, 5.74) is 1.21. The van der Waals surface area contributed by atoms with E-state index in [1.165, 1.54) is 10.8 Å². The van der Waals surface area contributed by atoms with E-state index in [1.807, 2.05) is 38.1 Å². The Bertz CT molecular complexity index is 631. The molecule has 2 aromatic rings. The Kier molecular flexibility index (Phi) is 3.55. The minimum absolute atomic E-state index is 0.0242. The van der Waals surface area contributed by atoms with Gasteiger partial charge in [-0.05, 0) is 18.6 Å². The average Bonchev–Trinajstić information content (AvgIpc) is 2.41. The van der Waals surface area contributed by atoms with Gasteiger partial charge in [-0.25, -0.2) is 4.98 Å². The first-order valence-corrected chi connectivity index (χ1v) is 6.10. The van der Waals surface area contributed by atoms with E-state index in [0.29, 0.717) is 5.52 Å². The molecule has 0 spiro atoms. The molecular formula is C14H16N2O2. The van der Waals surface area contributed by atoms with Gasteiger partial charge >= 0.3 is 0 Å². The summed E-state index contributed by atoms with van der Waals surface area (Å²) in [5.74, 6) is 0.0554. The first kappa shape index (κ1) is 12.5. The summed E-state index contributed by atoms with van der Waals surface area (Å²) < 4.78 is 1.50. The standard InChI is InChI=1S/C14H16N2O2/c1-3-10(2)13(17)9-16-12-7-5-4-6-11(12)15-8-14(16)18/h4-8,10H,3,9H2,1-2H3. The van der Waals surface area contributed by atoms with Gasteiger partial charge in [0.1, 0.15) is 0 Å². The smallest absolute Gasteiger partial charge is 0.269 e. The molecule has 94 valence electrons. The fourth-order valence-electron chi connectivity index (χ4n) is 1.82. The van der Waals surface area contributed by atoms with E-state index < -0.39 is 0 Å². The first-order chi connectivity index (χ1) is 8.63. The van der Waals surface area contributed by atoms with Crippen molar-refractivity contribution in [1.29, 1.82) is 0 Å². The van der Waals surface area contributed by atoms with Crippen LogP contribution in [-0.2, 0) is 11.3 Å². The maximum atomic E-state index is 12.0. The molecule has 0 aliphatic carbocycles. The van der Waals surface area contributed by atoms with Crippen molar-refractivity contribution in [3.63, 3.8) is 0 Å². The SMILES string of the molecule is CCC(C)C(=O)Cn1c(=O)cnc2ccccc21. The van der Waals surface area contributed by atoms with Gasteiger partial charge in [0, 0.05) is 5.92 Å². The second-order valence-corrected chi connectivity index (χ2v) is 4.45. The molecule has 18 heavy (non-hydrogen) atoms. The van der Waals surface area contributed by atoms with E-state index in [9.17, 15) is 9.59 Å². The van der Waals surface area contributed by atoms with Gasteiger partial charge in [0.15, 0.2) is 5.78 Å². The van der Waals surface area contributed by atoms with Crippen molar-refractivity contribution in [3.8, 4) is 0 Å². The van der Waals surface area contributed by atoms with Crippen LogP contribution in [0.5, 0.6) is 0 Å². The van der Waals surface area contributed by atoms with Crippen LogP contribution >= 0.6 is 0 Å². The summed E-state index contributed by atoms with van der Waals surface area (Å²) in [4.78, 5) is 27.9. The molecule has 1 unspecified atom stereocenters. The summed E-state index contributed by atoms with van der Waals surface area (Å²) in [6, 6.07) is 7.35. The Morgan fingerprint density at radius 1 is 1.39 bits per heavy atom. The highest BCUT2D eigenvalue weighted by molar-refractivity contribution is 5.82. The molecule has 0 amide bonds. The highest BCUT2D eigenvalue weighted by Gasteiger charge is 2.13. The van der Waals surface area contributed by atoms with E-state index in [-0.39, 0.29) is 23.8 Å². The van der Waals surface area contributed by atoms with Crippen LogP contribution in [0.3, 0.4) is 0 Å². The Morgan fingerprint density at radius 2 is 2.11 bits per heavy atom. The van der Waals surface area contributed by atoms with Crippen molar-refractivity contribution in [1.82, 2.24) is 9.55 Å². The fraction of sp³-hybridized carbons (Fsp3) is 0.357. The van der Waals surface area contributed by atoms with Crippen molar-refractivity contribution in [2.45, 2.75) is 26.8 Å². The number of carbonyl (C=O) groups excluding carboxylic acids is 1. The van der Waals surface area contributed by atoms with E-state index >= 15 is 0 Å². The van der Waals surface area contributed by atoms with Crippen LogP contribution in [0.4, 0.5) is 0 Å². The lowest BCUT2D eigenvalue weighted by Crippen LogP contribution is -2.27. The van der Waals surface area contributed by atoms with Gasteiger partial charge in [-0.1, -0.05) is 26.0 Å². The quantitative estimate of drug-likeness (QED) is 0.826. The van der Waals surface area contributed by atoms with Crippen LogP contribution < -0.4 is 5.56 Å². The lowest BCUT2D eigenvalue weighted by molar-refractivity contribution is -0.123. The molecule has 2 rings (SSSR count). The van der Waals surface area contributed by atoms with E-state index in [0.717, 1.165) is 11.9 Å². The third-order valence-electron chi connectivity index (χ3n) is 3.23. The molecule has 4 heteroatoms. The van der Waals surface area contributed by atoms with Crippen LogP contribution in [-0.4, -0.2) is 15.3 Å². The molecule has 1 atom stereocenters. The fourth-order valence-corrected chi connectivity index (χ4v) is 1.82. The van der Waals surface area contributed by atoms with E-state index in [4.69, 9.17) is 0 Å². The molecule has 0 aliphatic heterocycles. The van der Waals surface area contributed by atoms with Gasteiger partial charge in [-0.2, -0.15) is 0 Å². The van der Waals surface area contributed by atoms with Crippen molar-refractivity contribution < 1.29 is 4.79 Å². The lowest BCUT2D eigenvalue weighted by atomic mass is 10.0. The lowest BCUT2D eigenvalue weighted by Gasteiger charge is -2.11. The van der Waals surface area contributed by atoms with Gasteiger partial charge in [0.05, 0.1) is 23.8 Å². The number of nitrogens with zero attached hydrogens (tertiary/aromatic N) is 2. The van der Waals surface area contributed by atoms with E-state index in [2.05, 4.69) is 4.98 Å². The minimum Gasteiger partial charge on any atom is -0.298 e. The minimum atomic E-state index is -0.231. The average molecular weight is 244 g/mol. The number of carbonyl (C=O) groups is 1. The molecule has 0 aliphatic rings.